The van der Waals surface area contributed by atoms with Gasteiger partial charge in [0, 0.05) is 12.7 Å². The molecule has 0 aliphatic rings. The van der Waals surface area contributed by atoms with Crippen LogP contribution in [0.5, 0.6) is 11.5 Å². The van der Waals surface area contributed by atoms with Crippen LogP contribution in [0.15, 0.2) is 60.8 Å². The molecule has 134 valence electrons. The molecule has 0 atom stereocenters. The minimum absolute atomic E-state index is 0.511. The van der Waals surface area contributed by atoms with Gasteiger partial charge in [-0.2, -0.15) is 4.98 Å². The number of anilines is 3. The molecule has 0 unspecified atom stereocenters. The van der Waals surface area contributed by atoms with Gasteiger partial charge in [-0.1, -0.05) is 24.3 Å². The van der Waals surface area contributed by atoms with E-state index in [-0.39, 0.29) is 0 Å². The molecule has 0 saturated carbocycles. The molecule has 3 aromatic rings. The second kappa shape index (κ2) is 8.71. The lowest BCUT2D eigenvalue weighted by Gasteiger charge is -2.12. The molecule has 6 nitrogen and oxygen atoms in total. The SMILES string of the molecule is CCOc1ccccc1Nc1nccc(NCc2ccc(OC)cc2)n1. The fourth-order valence-electron chi connectivity index (χ4n) is 2.43. The molecule has 0 spiro atoms. The normalized spacial score (nSPS) is 10.2. The molecule has 0 fully saturated rings. The maximum Gasteiger partial charge on any atom is 0.229 e. The van der Waals surface area contributed by atoms with E-state index in [2.05, 4.69) is 20.6 Å². The van der Waals surface area contributed by atoms with Crippen molar-refractivity contribution in [3.05, 3.63) is 66.4 Å². The summed E-state index contributed by atoms with van der Waals surface area (Å²) in [5, 5.41) is 6.51. The highest BCUT2D eigenvalue weighted by Gasteiger charge is 2.05. The molecular formula is C20H22N4O2. The van der Waals surface area contributed by atoms with E-state index in [0.717, 1.165) is 28.6 Å². The quantitative estimate of drug-likeness (QED) is 0.633. The van der Waals surface area contributed by atoms with Gasteiger partial charge < -0.3 is 20.1 Å². The van der Waals surface area contributed by atoms with Crippen LogP contribution in [-0.2, 0) is 6.54 Å². The predicted molar refractivity (Wildman–Crippen MR) is 103 cm³/mol. The first kappa shape index (κ1) is 17.5. The van der Waals surface area contributed by atoms with Gasteiger partial charge in [0.05, 0.1) is 19.4 Å². The molecule has 0 aliphatic heterocycles. The van der Waals surface area contributed by atoms with Crippen LogP contribution in [0.1, 0.15) is 12.5 Å². The average Bonchev–Trinajstić information content (AvgIpc) is 2.69. The predicted octanol–water partition coefficient (Wildman–Crippen LogP) is 4.24. The summed E-state index contributed by atoms with van der Waals surface area (Å²) in [4.78, 5) is 8.78. The summed E-state index contributed by atoms with van der Waals surface area (Å²) in [6, 6.07) is 17.5. The lowest BCUT2D eigenvalue weighted by atomic mass is 10.2. The second-order valence-electron chi connectivity index (χ2n) is 5.52. The van der Waals surface area contributed by atoms with Crippen molar-refractivity contribution in [2.24, 2.45) is 0 Å². The van der Waals surface area contributed by atoms with Gasteiger partial charge in [-0.3, -0.25) is 0 Å². The molecule has 0 saturated heterocycles. The highest BCUT2D eigenvalue weighted by atomic mass is 16.5. The van der Waals surface area contributed by atoms with E-state index < -0.39 is 0 Å². The van der Waals surface area contributed by atoms with Crippen LogP contribution in [0.4, 0.5) is 17.5 Å². The van der Waals surface area contributed by atoms with Gasteiger partial charge in [0.1, 0.15) is 17.3 Å². The summed E-state index contributed by atoms with van der Waals surface area (Å²) >= 11 is 0. The van der Waals surface area contributed by atoms with Gasteiger partial charge in [-0.25, -0.2) is 4.98 Å². The lowest BCUT2D eigenvalue weighted by Crippen LogP contribution is -2.05. The Balaban J connectivity index is 1.66. The fraction of sp³-hybridized carbons (Fsp3) is 0.200. The van der Waals surface area contributed by atoms with Crippen molar-refractivity contribution in [1.29, 1.82) is 0 Å². The van der Waals surface area contributed by atoms with Crippen LogP contribution in [-0.4, -0.2) is 23.7 Å². The second-order valence-corrected chi connectivity index (χ2v) is 5.52. The summed E-state index contributed by atoms with van der Waals surface area (Å²) in [7, 11) is 1.66. The molecule has 6 heteroatoms. The third-order valence-electron chi connectivity index (χ3n) is 3.72. The van der Waals surface area contributed by atoms with Gasteiger partial charge in [0.2, 0.25) is 5.95 Å². The topological polar surface area (TPSA) is 68.3 Å². The van der Waals surface area contributed by atoms with E-state index >= 15 is 0 Å². The van der Waals surface area contributed by atoms with Gasteiger partial charge in [-0.15, -0.1) is 0 Å². The monoisotopic (exact) mass is 350 g/mol. The van der Waals surface area contributed by atoms with Crippen molar-refractivity contribution in [3.8, 4) is 11.5 Å². The molecule has 0 amide bonds. The summed E-state index contributed by atoms with van der Waals surface area (Å²) in [6.45, 7) is 3.22. The number of hydrogen-bond donors (Lipinski definition) is 2. The Kier molecular flexibility index (Phi) is 5.88. The van der Waals surface area contributed by atoms with Crippen LogP contribution in [0.3, 0.4) is 0 Å². The van der Waals surface area contributed by atoms with Crippen molar-refractivity contribution >= 4 is 17.5 Å². The minimum Gasteiger partial charge on any atom is -0.497 e. The molecule has 3 rings (SSSR count). The smallest absolute Gasteiger partial charge is 0.229 e. The van der Waals surface area contributed by atoms with E-state index in [0.29, 0.717) is 19.1 Å². The van der Waals surface area contributed by atoms with Crippen molar-refractivity contribution in [3.63, 3.8) is 0 Å². The van der Waals surface area contributed by atoms with Crippen LogP contribution in [0, 0.1) is 0 Å². The number of rotatable bonds is 8. The summed E-state index contributed by atoms with van der Waals surface area (Å²) < 4.78 is 10.8. The zero-order chi connectivity index (χ0) is 18.2. The molecule has 0 radical (unpaired) electrons. The summed E-state index contributed by atoms with van der Waals surface area (Å²) in [6.07, 6.45) is 1.72. The van der Waals surface area contributed by atoms with E-state index in [1.165, 1.54) is 0 Å². The first-order chi connectivity index (χ1) is 12.8. The van der Waals surface area contributed by atoms with E-state index in [1.54, 1.807) is 13.3 Å². The number of benzene rings is 2. The highest BCUT2D eigenvalue weighted by molar-refractivity contribution is 5.62. The van der Waals surface area contributed by atoms with Crippen molar-refractivity contribution in [2.45, 2.75) is 13.5 Å². The van der Waals surface area contributed by atoms with Gasteiger partial charge in [0.15, 0.2) is 0 Å². The van der Waals surface area contributed by atoms with E-state index in [4.69, 9.17) is 9.47 Å². The zero-order valence-corrected chi connectivity index (χ0v) is 14.9. The number of nitrogens with zero attached hydrogens (tertiary/aromatic N) is 2. The Bertz CT molecular complexity index is 837. The molecule has 26 heavy (non-hydrogen) atoms. The van der Waals surface area contributed by atoms with E-state index in [9.17, 15) is 0 Å². The van der Waals surface area contributed by atoms with Crippen molar-refractivity contribution in [1.82, 2.24) is 9.97 Å². The van der Waals surface area contributed by atoms with Gasteiger partial charge in [0.25, 0.3) is 0 Å². The largest absolute Gasteiger partial charge is 0.497 e. The molecular weight excluding hydrogens is 328 g/mol. The molecule has 0 aliphatic carbocycles. The van der Waals surface area contributed by atoms with Crippen LogP contribution in [0.2, 0.25) is 0 Å². The Morgan fingerprint density at radius 2 is 1.81 bits per heavy atom. The number of methoxy groups -OCH3 is 1. The number of ether oxygens (including phenoxy) is 2. The third-order valence-corrected chi connectivity index (χ3v) is 3.72. The number of para-hydroxylation sites is 2. The molecule has 0 bridgehead atoms. The third kappa shape index (κ3) is 4.63. The molecule has 1 aromatic heterocycles. The minimum atomic E-state index is 0.511. The van der Waals surface area contributed by atoms with Crippen molar-refractivity contribution in [2.75, 3.05) is 24.4 Å². The Hall–Kier alpha value is -3.28. The Morgan fingerprint density at radius 1 is 1.00 bits per heavy atom. The van der Waals surface area contributed by atoms with Crippen LogP contribution < -0.4 is 20.1 Å². The molecule has 2 N–H and O–H groups in total. The number of hydrogen-bond acceptors (Lipinski definition) is 6. The molecule has 1 heterocycles. The molecule has 2 aromatic carbocycles. The number of nitrogens with one attached hydrogen (secondary N) is 2. The highest BCUT2D eigenvalue weighted by Crippen LogP contribution is 2.26. The first-order valence-electron chi connectivity index (χ1n) is 8.47. The first-order valence-corrected chi connectivity index (χ1v) is 8.47. The number of aromatic nitrogens is 2. The van der Waals surface area contributed by atoms with Crippen LogP contribution in [0.25, 0.3) is 0 Å². The van der Waals surface area contributed by atoms with Gasteiger partial charge >= 0.3 is 0 Å². The van der Waals surface area contributed by atoms with Gasteiger partial charge in [-0.05, 0) is 42.8 Å². The Morgan fingerprint density at radius 3 is 2.58 bits per heavy atom. The zero-order valence-electron chi connectivity index (χ0n) is 14.9. The summed E-state index contributed by atoms with van der Waals surface area (Å²) in [5.74, 6) is 2.87. The van der Waals surface area contributed by atoms with E-state index in [1.807, 2.05) is 61.5 Å². The fourth-order valence-corrected chi connectivity index (χ4v) is 2.43. The maximum absolute atomic E-state index is 5.62. The maximum atomic E-state index is 5.62. The summed E-state index contributed by atoms with van der Waals surface area (Å²) in [5.41, 5.74) is 1.97. The lowest BCUT2D eigenvalue weighted by molar-refractivity contribution is 0.342. The average molecular weight is 350 g/mol. The van der Waals surface area contributed by atoms with Crippen LogP contribution >= 0.6 is 0 Å². The van der Waals surface area contributed by atoms with Crippen molar-refractivity contribution < 1.29 is 9.47 Å². The standard InChI is InChI=1S/C20H22N4O2/c1-3-26-18-7-5-4-6-17(18)23-20-21-13-12-19(24-20)22-14-15-8-10-16(25-2)11-9-15/h4-13H,3,14H2,1-2H3,(H2,21,22,23,24). The Labute approximate surface area is 153 Å².